The molecule has 0 spiro atoms. The quantitative estimate of drug-likeness (QED) is 0.626. The highest BCUT2D eigenvalue weighted by molar-refractivity contribution is 5.78. The highest BCUT2D eigenvalue weighted by Gasteiger charge is 2.23. The Labute approximate surface area is 209 Å². The third-order valence-electron chi connectivity index (χ3n) is 7.69. The van der Waals surface area contributed by atoms with Crippen molar-refractivity contribution in [2.75, 3.05) is 50.8 Å². The van der Waals surface area contributed by atoms with E-state index in [1.54, 1.807) is 0 Å². The topological polar surface area (TPSA) is 75.5 Å². The largest absolute Gasteiger partial charge is 0.381 e. The van der Waals surface area contributed by atoms with Gasteiger partial charge in [0.05, 0.1) is 0 Å². The van der Waals surface area contributed by atoms with Crippen molar-refractivity contribution in [2.45, 2.75) is 65.0 Å². The van der Waals surface area contributed by atoms with Crippen molar-refractivity contribution < 1.29 is 9.53 Å². The zero-order valence-electron chi connectivity index (χ0n) is 21.2. The lowest BCUT2D eigenvalue weighted by Gasteiger charge is -2.31. The number of hydrogen-bond donors (Lipinski definition) is 1. The van der Waals surface area contributed by atoms with Crippen molar-refractivity contribution in [3.05, 3.63) is 41.0 Å². The van der Waals surface area contributed by atoms with Crippen LogP contribution >= 0.6 is 0 Å². The Hall–Kier alpha value is -2.45. The monoisotopic (exact) mass is 480 g/mol. The van der Waals surface area contributed by atoms with E-state index in [2.05, 4.69) is 55.0 Å². The summed E-state index contributed by atoms with van der Waals surface area (Å²) in [5.74, 6) is 2.29. The smallest absolute Gasteiger partial charge is 0.223 e. The fourth-order valence-electron chi connectivity index (χ4n) is 5.76. The van der Waals surface area contributed by atoms with E-state index in [9.17, 15) is 4.79 Å². The molecule has 1 fully saturated rings. The van der Waals surface area contributed by atoms with Crippen LogP contribution in [0.1, 0.15) is 55.4 Å². The molecular formula is C27H40N6O2. The number of hydrogen-bond acceptors (Lipinski definition) is 6. The van der Waals surface area contributed by atoms with Gasteiger partial charge in [0.15, 0.2) is 0 Å². The summed E-state index contributed by atoms with van der Waals surface area (Å²) >= 11 is 0. The molecule has 5 rings (SSSR count). The normalized spacial score (nSPS) is 19.2. The zero-order chi connectivity index (χ0) is 24.0. The van der Waals surface area contributed by atoms with Gasteiger partial charge in [0.25, 0.3) is 0 Å². The molecule has 1 aromatic heterocycles. The number of nitrogens with zero attached hydrogens (tertiary/aromatic N) is 5. The molecule has 0 bridgehead atoms. The highest BCUT2D eigenvalue weighted by Crippen LogP contribution is 2.28. The molecule has 8 nitrogen and oxygen atoms in total. The summed E-state index contributed by atoms with van der Waals surface area (Å²) in [5, 5.41) is 12.0. The summed E-state index contributed by atoms with van der Waals surface area (Å²) in [6.45, 7) is 10.5. The van der Waals surface area contributed by atoms with Gasteiger partial charge in [-0.05, 0) is 49.3 Å². The molecule has 8 heteroatoms. The van der Waals surface area contributed by atoms with E-state index in [1.807, 2.05) is 0 Å². The number of fused-ring (bicyclic) bond motifs is 2. The van der Waals surface area contributed by atoms with E-state index in [4.69, 9.17) is 4.74 Å². The van der Waals surface area contributed by atoms with Crippen molar-refractivity contribution in [3.8, 4) is 0 Å². The second-order valence-corrected chi connectivity index (χ2v) is 10.2. The third-order valence-corrected chi connectivity index (χ3v) is 7.69. The van der Waals surface area contributed by atoms with Crippen LogP contribution in [0.5, 0.6) is 0 Å². The van der Waals surface area contributed by atoms with Gasteiger partial charge in [0.1, 0.15) is 11.6 Å². The van der Waals surface area contributed by atoms with Gasteiger partial charge < -0.3 is 19.5 Å². The van der Waals surface area contributed by atoms with E-state index in [-0.39, 0.29) is 11.8 Å². The second-order valence-electron chi connectivity index (χ2n) is 10.2. The lowest BCUT2D eigenvalue weighted by molar-refractivity contribution is -0.127. The van der Waals surface area contributed by atoms with Crippen LogP contribution in [0.2, 0.25) is 0 Å². The molecular weight excluding hydrogens is 440 g/mol. The van der Waals surface area contributed by atoms with Crippen LogP contribution in [0.25, 0.3) is 0 Å². The molecule has 0 unspecified atom stereocenters. The Morgan fingerprint density at radius 2 is 2.00 bits per heavy atom. The molecule has 2 aromatic rings. The van der Waals surface area contributed by atoms with Crippen LogP contribution in [-0.4, -0.2) is 71.5 Å². The predicted molar refractivity (Wildman–Crippen MR) is 137 cm³/mol. The SMILES string of the molecule is CCCN1CCCc2cc(CN3CCc4nnc(CCNC(=O)C5CCOCC5)n4CC3)ccc21. The Bertz CT molecular complexity index is 1000. The Balaban J connectivity index is 1.14. The van der Waals surface area contributed by atoms with Crippen LogP contribution < -0.4 is 10.2 Å². The number of nitrogens with one attached hydrogen (secondary N) is 1. The van der Waals surface area contributed by atoms with E-state index in [0.717, 1.165) is 70.1 Å². The number of aryl methyl sites for hydroxylation is 1. The minimum absolute atomic E-state index is 0.0890. The van der Waals surface area contributed by atoms with E-state index < -0.39 is 0 Å². The second kappa shape index (κ2) is 11.5. The maximum absolute atomic E-state index is 12.4. The summed E-state index contributed by atoms with van der Waals surface area (Å²) in [5.41, 5.74) is 4.37. The summed E-state index contributed by atoms with van der Waals surface area (Å²) in [7, 11) is 0. The van der Waals surface area contributed by atoms with E-state index in [0.29, 0.717) is 19.8 Å². The van der Waals surface area contributed by atoms with Gasteiger partial charge in [-0.3, -0.25) is 9.69 Å². The van der Waals surface area contributed by atoms with Gasteiger partial charge in [-0.15, -0.1) is 10.2 Å². The van der Waals surface area contributed by atoms with Crippen molar-refractivity contribution in [3.63, 3.8) is 0 Å². The van der Waals surface area contributed by atoms with Gasteiger partial charge in [-0.25, -0.2) is 0 Å². The molecule has 0 saturated carbocycles. The summed E-state index contributed by atoms with van der Waals surface area (Å²) in [6, 6.07) is 7.11. The minimum Gasteiger partial charge on any atom is -0.381 e. The number of anilines is 1. The minimum atomic E-state index is 0.0890. The van der Waals surface area contributed by atoms with Crippen molar-refractivity contribution >= 4 is 11.6 Å². The van der Waals surface area contributed by atoms with E-state index >= 15 is 0 Å². The van der Waals surface area contributed by atoms with Gasteiger partial charge in [-0.1, -0.05) is 19.1 Å². The van der Waals surface area contributed by atoms with E-state index in [1.165, 1.54) is 42.6 Å². The van der Waals surface area contributed by atoms with Gasteiger partial charge in [-0.2, -0.15) is 0 Å². The maximum Gasteiger partial charge on any atom is 0.223 e. The molecule has 1 saturated heterocycles. The average Bonchev–Trinajstić information content (AvgIpc) is 3.16. The Kier molecular flexibility index (Phi) is 7.99. The number of amides is 1. The number of carbonyl (C=O) groups is 1. The molecule has 1 amide bonds. The van der Waals surface area contributed by atoms with Crippen molar-refractivity contribution in [1.82, 2.24) is 25.0 Å². The molecule has 1 aromatic carbocycles. The Morgan fingerprint density at radius 3 is 2.86 bits per heavy atom. The Morgan fingerprint density at radius 1 is 1.11 bits per heavy atom. The molecule has 3 aliphatic rings. The molecule has 190 valence electrons. The lowest BCUT2D eigenvalue weighted by atomic mass is 9.98. The first-order valence-electron chi connectivity index (χ1n) is 13.6. The number of rotatable bonds is 8. The molecule has 35 heavy (non-hydrogen) atoms. The van der Waals surface area contributed by atoms with Crippen LogP contribution in [0.4, 0.5) is 5.69 Å². The summed E-state index contributed by atoms with van der Waals surface area (Å²) in [6.07, 6.45) is 6.93. The first-order chi connectivity index (χ1) is 17.2. The predicted octanol–water partition coefficient (Wildman–Crippen LogP) is 2.58. The van der Waals surface area contributed by atoms with Gasteiger partial charge >= 0.3 is 0 Å². The number of aromatic nitrogens is 3. The first kappa shape index (κ1) is 24.3. The lowest BCUT2D eigenvalue weighted by Crippen LogP contribution is -2.35. The van der Waals surface area contributed by atoms with Crippen LogP contribution in [0, 0.1) is 5.92 Å². The van der Waals surface area contributed by atoms with Crippen LogP contribution in [0.3, 0.4) is 0 Å². The molecule has 4 heterocycles. The molecule has 0 radical (unpaired) electrons. The number of ether oxygens (including phenoxy) is 1. The van der Waals surface area contributed by atoms with Gasteiger partial charge in [0, 0.05) is 83.5 Å². The van der Waals surface area contributed by atoms with Crippen molar-refractivity contribution in [1.29, 1.82) is 0 Å². The molecule has 3 aliphatic heterocycles. The fourth-order valence-corrected chi connectivity index (χ4v) is 5.76. The number of carbonyl (C=O) groups excluding carboxylic acids is 1. The molecule has 0 aliphatic carbocycles. The molecule has 1 N–H and O–H groups in total. The highest BCUT2D eigenvalue weighted by atomic mass is 16.5. The standard InChI is InChI=1S/C27H40N6O2/c1-2-12-32-13-3-4-23-19-21(5-6-24(23)32)20-31-14-8-26-30-29-25(33(26)16-15-31)7-11-28-27(34)22-9-17-35-18-10-22/h5-6,19,22H,2-4,7-18,20H2,1H3,(H,28,34). The average molecular weight is 481 g/mol. The van der Waals surface area contributed by atoms with Gasteiger partial charge in [0.2, 0.25) is 5.91 Å². The van der Waals surface area contributed by atoms with Crippen LogP contribution in [0.15, 0.2) is 18.2 Å². The zero-order valence-corrected chi connectivity index (χ0v) is 21.2. The number of benzene rings is 1. The first-order valence-corrected chi connectivity index (χ1v) is 13.6. The fraction of sp³-hybridized carbons (Fsp3) is 0.667. The van der Waals surface area contributed by atoms with Crippen molar-refractivity contribution in [2.24, 2.45) is 5.92 Å². The summed E-state index contributed by atoms with van der Waals surface area (Å²) < 4.78 is 7.64. The third kappa shape index (κ3) is 5.86. The molecule has 0 atom stereocenters. The summed E-state index contributed by atoms with van der Waals surface area (Å²) in [4.78, 5) is 17.5. The maximum atomic E-state index is 12.4. The van der Waals surface area contributed by atoms with Crippen LogP contribution in [-0.2, 0) is 41.9 Å².